The highest BCUT2D eigenvalue weighted by molar-refractivity contribution is 5.70. The first-order chi connectivity index (χ1) is 29.6. The summed E-state index contributed by atoms with van der Waals surface area (Å²) in [7, 11) is 0. The van der Waals surface area contributed by atoms with Gasteiger partial charge in [-0.25, -0.2) is 0 Å². The predicted molar refractivity (Wildman–Crippen MR) is 260 cm³/mol. The zero-order valence-corrected chi connectivity index (χ0v) is 38.2. The van der Waals surface area contributed by atoms with Crippen molar-refractivity contribution in [3.05, 3.63) is 146 Å². The maximum Gasteiger partial charge on any atom is 0.306 e. The van der Waals surface area contributed by atoms with E-state index in [0.29, 0.717) is 19.4 Å². The molecule has 5 nitrogen and oxygen atoms in total. The number of esters is 2. The Morgan fingerprint density at radius 2 is 0.717 bits per heavy atom. The SMILES string of the molecule is CC/C=C\C/C=C\C/C=C\C/C=C\C/C=C\C/C=C\CCC(=O)OCC(COCCCCCCCC)OC(=O)CC/C=C\C/C=C\C/C=C\C/C=C\C/C=C\C/C=C\CC. The summed E-state index contributed by atoms with van der Waals surface area (Å²) < 4.78 is 17.1. The van der Waals surface area contributed by atoms with E-state index in [-0.39, 0.29) is 38.0 Å². The molecule has 0 rings (SSSR count). The highest BCUT2D eigenvalue weighted by atomic mass is 16.6. The fourth-order valence-electron chi connectivity index (χ4n) is 5.50. The van der Waals surface area contributed by atoms with Crippen LogP contribution in [0.5, 0.6) is 0 Å². The summed E-state index contributed by atoms with van der Waals surface area (Å²) in [6.45, 7) is 7.35. The van der Waals surface area contributed by atoms with Crippen molar-refractivity contribution in [2.75, 3.05) is 19.8 Å². The molecule has 0 radical (unpaired) electrons. The second kappa shape index (κ2) is 49.1. The first-order valence-electron chi connectivity index (χ1n) is 23.4. The van der Waals surface area contributed by atoms with Crippen molar-refractivity contribution in [2.45, 2.75) is 168 Å². The molecular weight excluding hydrogens is 741 g/mol. The Kier molecular flexibility index (Phi) is 45.7. The quantitative estimate of drug-likeness (QED) is 0.0350. The molecule has 0 fully saturated rings. The molecule has 0 amide bonds. The third kappa shape index (κ3) is 46.5. The molecule has 0 saturated carbocycles. The number of ether oxygens (including phenoxy) is 3. The van der Waals surface area contributed by atoms with Gasteiger partial charge in [-0.1, -0.05) is 199 Å². The minimum atomic E-state index is -0.613. The average molecular weight is 825 g/mol. The molecule has 0 heterocycles. The fourth-order valence-corrected chi connectivity index (χ4v) is 5.50. The normalized spacial score (nSPS) is 13.6. The van der Waals surface area contributed by atoms with Crippen LogP contribution in [0.4, 0.5) is 0 Å². The summed E-state index contributed by atoms with van der Waals surface area (Å²) in [5.74, 6) is -0.610. The van der Waals surface area contributed by atoms with E-state index in [2.05, 4.69) is 154 Å². The van der Waals surface area contributed by atoms with E-state index < -0.39 is 6.10 Å². The highest BCUT2D eigenvalue weighted by Gasteiger charge is 2.17. The van der Waals surface area contributed by atoms with Crippen LogP contribution in [0.15, 0.2) is 146 Å². The van der Waals surface area contributed by atoms with Crippen LogP contribution in [0.3, 0.4) is 0 Å². The lowest BCUT2D eigenvalue weighted by molar-refractivity contribution is -0.162. The highest BCUT2D eigenvalue weighted by Crippen LogP contribution is 2.08. The molecule has 1 atom stereocenters. The van der Waals surface area contributed by atoms with Gasteiger partial charge in [-0.3, -0.25) is 9.59 Å². The summed E-state index contributed by atoms with van der Waals surface area (Å²) in [5, 5.41) is 0. The van der Waals surface area contributed by atoms with Gasteiger partial charge in [-0.05, 0) is 96.3 Å². The zero-order chi connectivity index (χ0) is 43.5. The standard InChI is InChI=1S/C55H84O5/c1-4-7-10-13-16-18-20-22-24-26-28-30-32-34-36-38-40-42-45-48-54(56)59-52-53(51-58-50-47-44-15-12-9-6-3)60-55(57)49-46-43-41-39-37-35-33-31-29-27-25-23-21-19-17-14-11-8-5-2/h7-8,10-11,16-19,22-25,28-31,34-37,40-43,53H,4-6,9,12-15,20-21,26-27,32-33,38-39,44-52H2,1-3H3/b10-7-,11-8-,18-16-,19-17-,24-22-,25-23-,30-28-,31-29-,36-34-,37-35-,42-40-,43-41-. The Morgan fingerprint density at radius 1 is 0.383 bits per heavy atom. The number of rotatable bonds is 40. The summed E-state index contributed by atoms with van der Waals surface area (Å²) in [6, 6.07) is 0. The topological polar surface area (TPSA) is 61.8 Å². The van der Waals surface area contributed by atoms with E-state index in [0.717, 1.165) is 89.9 Å². The van der Waals surface area contributed by atoms with E-state index in [1.54, 1.807) is 0 Å². The lowest BCUT2D eigenvalue weighted by Crippen LogP contribution is -2.30. The molecule has 0 bridgehead atoms. The van der Waals surface area contributed by atoms with Gasteiger partial charge in [0.25, 0.3) is 0 Å². The van der Waals surface area contributed by atoms with Crippen LogP contribution in [0.25, 0.3) is 0 Å². The van der Waals surface area contributed by atoms with Crippen LogP contribution in [0.2, 0.25) is 0 Å². The van der Waals surface area contributed by atoms with E-state index in [9.17, 15) is 9.59 Å². The summed E-state index contributed by atoms with van der Waals surface area (Å²) in [5.41, 5.74) is 0. The molecule has 0 aliphatic heterocycles. The van der Waals surface area contributed by atoms with Gasteiger partial charge in [0.15, 0.2) is 6.10 Å². The second-order valence-electron chi connectivity index (χ2n) is 14.5. The van der Waals surface area contributed by atoms with Gasteiger partial charge < -0.3 is 14.2 Å². The molecule has 1 unspecified atom stereocenters. The van der Waals surface area contributed by atoms with Gasteiger partial charge in [-0.15, -0.1) is 0 Å². The molecule has 0 spiro atoms. The Labute approximate surface area is 368 Å². The fraction of sp³-hybridized carbons (Fsp3) is 0.527. The lowest BCUT2D eigenvalue weighted by atomic mass is 10.1. The van der Waals surface area contributed by atoms with Crippen molar-refractivity contribution in [3.8, 4) is 0 Å². The van der Waals surface area contributed by atoms with Crippen molar-refractivity contribution in [3.63, 3.8) is 0 Å². The van der Waals surface area contributed by atoms with Gasteiger partial charge in [0.2, 0.25) is 0 Å². The van der Waals surface area contributed by atoms with Crippen LogP contribution >= 0.6 is 0 Å². The zero-order valence-electron chi connectivity index (χ0n) is 38.2. The minimum Gasteiger partial charge on any atom is -0.462 e. The number of carbonyl (C=O) groups is 2. The Morgan fingerprint density at radius 3 is 1.10 bits per heavy atom. The molecule has 60 heavy (non-hydrogen) atoms. The smallest absolute Gasteiger partial charge is 0.306 e. The van der Waals surface area contributed by atoms with Gasteiger partial charge in [-0.2, -0.15) is 0 Å². The molecular formula is C55H84O5. The molecule has 0 aliphatic rings. The number of carbonyl (C=O) groups excluding carboxylic acids is 2. The number of hydrogen-bond acceptors (Lipinski definition) is 5. The van der Waals surface area contributed by atoms with Crippen LogP contribution in [0.1, 0.15) is 162 Å². The molecule has 5 heteroatoms. The van der Waals surface area contributed by atoms with Crippen LogP contribution in [0, 0.1) is 0 Å². The van der Waals surface area contributed by atoms with E-state index in [1.807, 2.05) is 12.2 Å². The Bertz CT molecular complexity index is 1350. The average Bonchev–Trinajstić information content (AvgIpc) is 3.25. The van der Waals surface area contributed by atoms with Gasteiger partial charge >= 0.3 is 11.9 Å². The third-order valence-electron chi connectivity index (χ3n) is 8.90. The molecule has 0 aromatic carbocycles. The second-order valence-corrected chi connectivity index (χ2v) is 14.5. The number of unbranched alkanes of at least 4 members (excludes halogenated alkanes) is 5. The first kappa shape index (κ1) is 55.8. The summed E-state index contributed by atoms with van der Waals surface area (Å²) >= 11 is 0. The summed E-state index contributed by atoms with van der Waals surface area (Å²) in [4.78, 5) is 25.2. The van der Waals surface area contributed by atoms with Crippen molar-refractivity contribution >= 4 is 11.9 Å². The maximum absolute atomic E-state index is 12.7. The van der Waals surface area contributed by atoms with Crippen LogP contribution in [-0.2, 0) is 23.8 Å². The first-order valence-corrected chi connectivity index (χ1v) is 23.4. The van der Waals surface area contributed by atoms with Crippen molar-refractivity contribution < 1.29 is 23.8 Å². The maximum atomic E-state index is 12.7. The van der Waals surface area contributed by atoms with Gasteiger partial charge in [0.1, 0.15) is 6.61 Å². The summed E-state index contributed by atoms with van der Waals surface area (Å²) in [6.07, 6.45) is 71.7. The number of hydrogen-bond donors (Lipinski definition) is 0. The molecule has 0 saturated heterocycles. The predicted octanol–water partition coefficient (Wildman–Crippen LogP) is 15.8. The molecule has 0 aromatic rings. The monoisotopic (exact) mass is 825 g/mol. The molecule has 334 valence electrons. The van der Waals surface area contributed by atoms with Crippen LogP contribution in [-0.4, -0.2) is 37.9 Å². The lowest BCUT2D eigenvalue weighted by Gasteiger charge is -2.18. The molecule has 0 aromatic heterocycles. The Hall–Kier alpha value is -4.22. The Balaban J connectivity index is 4.40. The van der Waals surface area contributed by atoms with E-state index in [4.69, 9.17) is 14.2 Å². The van der Waals surface area contributed by atoms with Crippen molar-refractivity contribution in [1.29, 1.82) is 0 Å². The third-order valence-corrected chi connectivity index (χ3v) is 8.90. The minimum absolute atomic E-state index is 0.00470. The van der Waals surface area contributed by atoms with E-state index >= 15 is 0 Å². The van der Waals surface area contributed by atoms with Crippen molar-refractivity contribution in [1.82, 2.24) is 0 Å². The number of allylic oxidation sites excluding steroid dienone is 24. The molecule has 0 aliphatic carbocycles. The van der Waals surface area contributed by atoms with Gasteiger partial charge in [0.05, 0.1) is 6.61 Å². The van der Waals surface area contributed by atoms with E-state index in [1.165, 1.54) is 25.7 Å². The largest absolute Gasteiger partial charge is 0.462 e. The van der Waals surface area contributed by atoms with Crippen LogP contribution < -0.4 is 0 Å². The molecule has 0 N–H and O–H groups in total. The van der Waals surface area contributed by atoms with Crippen molar-refractivity contribution in [2.24, 2.45) is 0 Å². The van der Waals surface area contributed by atoms with Gasteiger partial charge in [0, 0.05) is 19.4 Å².